The normalized spacial score (nSPS) is 10.4. The van der Waals surface area contributed by atoms with Gasteiger partial charge in [0.15, 0.2) is 0 Å². The maximum atomic E-state index is 5.73. The molecule has 1 aromatic carbocycles. The van der Waals surface area contributed by atoms with Gasteiger partial charge in [-0.2, -0.15) is 0 Å². The molecule has 1 N–H and O–H groups in total. The lowest BCUT2D eigenvalue weighted by atomic mass is 10.2. The van der Waals surface area contributed by atoms with Crippen LogP contribution in [0.2, 0.25) is 0 Å². The van der Waals surface area contributed by atoms with Crippen LogP contribution < -0.4 is 5.32 Å². The lowest BCUT2D eigenvalue weighted by molar-refractivity contribution is 1.18. The molecule has 0 aliphatic carbocycles. The minimum atomic E-state index is 0.566. The number of rotatable bonds is 4. The van der Waals surface area contributed by atoms with E-state index < -0.39 is 0 Å². The van der Waals surface area contributed by atoms with Crippen molar-refractivity contribution in [2.75, 3.05) is 5.32 Å². The van der Waals surface area contributed by atoms with Gasteiger partial charge in [0, 0.05) is 20.9 Å². The molecule has 1 heterocycles. The Morgan fingerprint density at radius 2 is 1.94 bits per heavy atom. The first-order valence-corrected chi connectivity index (χ1v) is 7.11. The van der Waals surface area contributed by atoms with Gasteiger partial charge >= 0.3 is 0 Å². The maximum absolute atomic E-state index is 5.73. The first kappa shape index (κ1) is 12.0. The van der Waals surface area contributed by atoms with Gasteiger partial charge in [-0.05, 0) is 45.1 Å². The highest BCUT2D eigenvalue weighted by atomic mass is 79.9. The minimum Gasteiger partial charge on any atom is -0.380 e. The zero-order valence-corrected chi connectivity index (χ0v) is 11.7. The van der Waals surface area contributed by atoms with Crippen LogP contribution in [0.4, 0.5) is 5.69 Å². The summed E-state index contributed by atoms with van der Waals surface area (Å²) >= 11 is 11.0. The Labute approximate surface area is 113 Å². The molecule has 0 aliphatic heterocycles. The molecule has 0 fully saturated rings. The Morgan fingerprint density at radius 3 is 2.50 bits per heavy atom. The van der Waals surface area contributed by atoms with Crippen LogP contribution in [0.15, 0.2) is 40.2 Å². The second-order valence-corrected chi connectivity index (χ2v) is 5.50. The van der Waals surface area contributed by atoms with Crippen LogP contribution in [0.1, 0.15) is 10.4 Å². The van der Waals surface area contributed by atoms with Gasteiger partial charge in [0.2, 0.25) is 0 Å². The van der Waals surface area contributed by atoms with Gasteiger partial charge in [-0.1, -0.05) is 12.1 Å². The Kier molecular flexibility index (Phi) is 4.27. The molecule has 0 amide bonds. The second-order valence-electron chi connectivity index (χ2n) is 3.38. The molecule has 84 valence electrons. The van der Waals surface area contributed by atoms with Gasteiger partial charge in [-0.15, -0.1) is 22.9 Å². The summed E-state index contributed by atoms with van der Waals surface area (Å²) in [5.74, 6) is 0.566. The highest BCUT2D eigenvalue weighted by Crippen LogP contribution is 2.23. The summed E-state index contributed by atoms with van der Waals surface area (Å²) in [6, 6.07) is 10.3. The summed E-state index contributed by atoms with van der Waals surface area (Å²) in [5.41, 5.74) is 2.26. The molecule has 2 aromatic rings. The summed E-state index contributed by atoms with van der Waals surface area (Å²) < 4.78 is 1.17. The first-order valence-electron chi connectivity index (χ1n) is 4.90. The molecule has 0 aliphatic rings. The van der Waals surface area contributed by atoms with Crippen molar-refractivity contribution in [2.45, 2.75) is 12.4 Å². The van der Waals surface area contributed by atoms with Crippen molar-refractivity contribution in [3.05, 3.63) is 50.6 Å². The molecular weight excluding hydrogens is 306 g/mol. The van der Waals surface area contributed by atoms with Crippen molar-refractivity contribution in [3.8, 4) is 0 Å². The molecule has 0 radical (unpaired) electrons. The Hall–Kier alpha value is -0.510. The molecule has 2 rings (SSSR count). The maximum Gasteiger partial charge on any atom is 0.0505 e. The van der Waals surface area contributed by atoms with E-state index in [1.54, 1.807) is 11.3 Å². The van der Waals surface area contributed by atoms with Crippen molar-refractivity contribution in [1.29, 1.82) is 0 Å². The number of halogens is 2. The van der Waals surface area contributed by atoms with Gasteiger partial charge in [-0.3, -0.25) is 0 Å². The summed E-state index contributed by atoms with van der Waals surface area (Å²) in [7, 11) is 0. The lowest BCUT2D eigenvalue weighted by Crippen LogP contribution is -1.97. The van der Waals surface area contributed by atoms with E-state index in [4.69, 9.17) is 11.6 Å². The van der Waals surface area contributed by atoms with E-state index in [2.05, 4.69) is 44.8 Å². The van der Waals surface area contributed by atoms with E-state index in [1.165, 1.54) is 9.35 Å². The van der Waals surface area contributed by atoms with E-state index in [0.717, 1.165) is 17.8 Å². The fourth-order valence-corrected chi connectivity index (χ4v) is 2.96. The summed E-state index contributed by atoms with van der Waals surface area (Å²) in [5, 5.41) is 5.46. The van der Waals surface area contributed by atoms with E-state index in [-0.39, 0.29) is 0 Å². The molecule has 16 heavy (non-hydrogen) atoms. The smallest absolute Gasteiger partial charge is 0.0505 e. The third kappa shape index (κ3) is 3.00. The lowest BCUT2D eigenvalue weighted by Gasteiger charge is -2.05. The zero-order valence-electron chi connectivity index (χ0n) is 8.54. The molecule has 0 atom stereocenters. The fraction of sp³-hybridized carbons (Fsp3) is 0.167. The van der Waals surface area contributed by atoms with E-state index in [0.29, 0.717) is 5.88 Å². The third-order valence-electron chi connectivity index (χ3n) is 2.25. The number of thiophene rings is 1. The van der Waals surface area contributed by atoms with Crippen LogP contribution in [0.25, 0.3) is 0 Å². The highest BCUT2D eigenvalue weighted by Gasteiger charge is 2.00. The molecule has 0 spiro atoms. The van der Waals surface area contributed by atoms with E-state index in [9.17, 15) is 0 Å². The summed E-state index contributed by atoms with van der Waals surface area (Å²) in [6.07, 6.45) is 0. The van der Waals surface area contributed by atoms with Gasteiger partial charge in [0.25, 0.3) is 0 Å². The number of hydrogen-bond donors (Lipinski definition) is 1. The monoisotopic (exact) mass is 315 g/mol. The second kappa shape index (κ2) is 5.71. The minimum absolute atomic E-state index is 0.566. The number of anilines is 1. The molecule has 4 heteroatoms. The van der Waals surface area contributed by atoms with Crippen LogP contribution in [0, 0.1) is 0 Å². The van der Waals surface area contributed by atoms with Crippen LogP contribution in [-0.4, -0.2) is 0 Å². The zero-order chi connectivity index (χ0) is 11.4. The first-order chi connectivity index (χ1) is 7.79. The van der Waals surface area contributed by atoms with Crippen LogP contribution >= 0.6 is 38.9 Å². The molecule has 0 saturated heterocycles. The molecule has 1 aromatic heterocycles. The summed E-state index contributed by atoms with van der Waals surface area (Å²) in [6.45, 7) is 0.846. The van der Waals surface area contributed by atoms with Gasteiger partial charge < -0.3 is 5.32 Å². The van der Waals surface area contributed by atoms with Crippen LogP contribution in [-0.2, 0) is 12.4 Å². The van der Waals surface area contributed by atoms with Crippen molar-refractivity contribution < 1.29 is 0 Å². The van der Waals surface area contributed by atoms with Crippen molar-refractivity contribution >= 4 is 44.6 Å². The average molecular weight is 317 g/mol. The third-order valence-corrected chi connectivity index (χ3v) is 4.49. The Bertz CT molecular complexity index is 452. The molecule has 0 saturated carbocycles. The average Bonchev–Trinajstić information content (AvgIpc) is 2.73. The Morgan fingerprint density at radius 1 is 1.19 bits per heavy atom. The number of alkyl halides is 1. The molecular formula is C12H11BrClNS. The number of benzene rings is 1. The molecule has 0 bridgehead atoms. The topological polar surface area (TPSA) is 12.0 Å². The Balaban J connectivity index is 1.97. The van der Waals surface area contributed by atoms with E-state index >= 15 is 0 Å². The molecule has 1 nitrogen and oxygen atoms in total. The summed E-state index contributed by atoms with van der Waals surface area (Å²) in [4.78, 5) is 1.31. The van der Waals surface area contributed by atoms with Crippen LogP contribution in [0.3, 0.4) is 0 Å². The van der Waals surface area contributed by atoms with E-state index in [1.807, 2.05) is 12.1 Å². The van der Waals surface area contributed by atoms with Gasteiger partial charge in [0.05, 0.1) is 6.54 Å². The molecule has 0 unspecified atom stereocenters. The highest BCUT2D eigenvalue weighted by molar-refractivity contribution is 9.10. The predicted octanol–water partition coefficient (Wildman–Crippen LogP) is 4.86. The number of hydrogen-bond acceptors (Lipinski definition) is 2. The van der Waals surface area contributed by atoms with Crippen molar-refractivity contribution in [3.63, 3.8) is 0 Å². The largest absolute Gasteiger partial charge is 0.380 e. The fourth-order valence-electron chi connectivity index (χ4n) is 1.35. The predicted molar refractivity (Wildman–Crippen MR) is 75.3 cm³/mol. The van der Waals surface area contributed by atoms with Crippen molar-refractivity contribution in [2.24, 2.45) is 0 Å². The van der Waals surface area contributed by atoms with Crippen LogP contribution in [0.5, 0.6) is 0 Å². The SMILES string of the molecule is ClCc1ccc(NCc2sccc2Br)cc1. The van der Waals surface area contributed by atoms with Gasteiger partial charge in [-0.25, -0.2) is 0 Å². The van der Waals surface area contributed by atoms with Crippen molar-refractivity contribution in [1.82, 2.24) is 0 Å². The standard InChI is InChI=1S/C12H11BrClNS/c13-11-5-6-16-12(11)8-15-10-3-1-9(7-14)2-4-10/h1-6,15H,7-8H2. The number of nitrogens with one attached hydrogen (secondary N) is 1. The van der Waals surface area contributed by atoms with Gasteiger partial charge in [0.1, 0.15) is 0 Å². The quantitative estimate of drug-likeness (QED) is 0.794.